The maximum atomic E-state index is 5.37. The van der Waals surface area contributed by atoms with Gasteiger partial charge < -0.3 is 15.0 Å². The lowest BCUT2D eigenvalue weighted by molar-refractivity contribution is 0.122. The Bertz CT molecular complexity index is 603. The van der Waals surface area contributed by atoms with Crippen LogP contribution in [0.1, 0.15) is 11.1 Å². The fraction of sp³-hybridized carbons (Fsp3) is 0.375. The molecule has 0 saturated carbocycles. The maximum Gasteiger partial charge on any atom is 0.229 e. The largest absolute Gasteiger partial charge is 0.378 e. The Labute approximate surface area is 125 Å². The Hall–Kier alpha value is -2.14. The van der Waals surface area contributed by atoms with E-state index < -0.39 is 0 Å². The quantitative estimate of drug-likeness (QED) is 0.939. The minimum atomic E-state index is 0.629. The number of hydrogen-bond donors (Lipinski definition) is 1. The first-order chi connectivity index (χ1) is 10.2. The van der Waals surface area contributed by atoms with Gasteiger partial charge in [0.05, 0.1) is 13.2 Å². The van der Waals surface area contributed by atoms with Crippen molar-refractivity contribution >= 4 is 17.5 Å². The summed E-state index contributed by atoms with van der Waals surface area (Å²) in [5.74, 6) is 1.57. The molecular weight excluding hydrogens is 264 g/mol. The molecule has 3 rings (SSSR count). The predicted octanol–water partition coefficient (Wildman–Crippen LogP) is 2.67. The van der Waals surface area contributed by atoms with Crippen LogP contribution in [-0.2, 0) is 4.74 Å². The molecular formula is C16H20N4O. The average Bonchev–Trinajstić information content (AvgIpc) is 2.47. The van der Waals surface area contributed by atoms with E-state index in [-0.39, 0.29) is 0 Å². The molecule has 0 bridgehead atoms. The topological polar surface area (TPSA) is 50.3 Å². The van der Waals surface area contributed by atoms with Crippen LogP contribution < -0.4 is 10.2 Å². The minimum absolute atomic E-state index is 0.629. The third-order valence-electron chi connectivity index (χ3n) is 3.45. The van der Waals surface area contributed by atoms with Gasteiger partial charge in [-0.05, 0) is 43.2 Å². The van der Waals surface area contributed by atoms with Crippen LogP contribution in [0.25, 0.3) is 0 Å². The molecule has 0 amide bonds. The van der Waals surface area contributed by atoms with Crippen LogP contribution in [0, 0.1) is 13.8 Å². The summed E-state index contributed by atoms with van der Waals surface area (Å²) in [6.45, 7) is 7.43. The molecule has 1 aliphatic rings. The lowest BCUT2D eigenvalue weighted by Gasteiger charge is -2.27. The Kier molecular flexibility index (Phi) is 4.01. The summed E-state index contributed by atoms with van der Waals surface area (Å²) in [5, 5.41) is 3.28. The van der Waals surface area contributed by atoms with E-state index in [1.165, 1.54) is 11.1 Å². The van der Waals surface area contributed by atoms with Crippen molar-refractivity contribution in [2.24, 2.45) is 0 Å². The summed E-state index contributed by atoms with van der Waals surface area (Å²) in [5.41, 5.74) is 3.47. The zero-order valence-electron chi connectivity index (χ0n) is 12.5. The first-order valence-electron chi connectivity index (χ1n) is 7.22. The van der Waals surface area contributed by atoms with E-state index in [1.807, 2.05) is 6.07 Å². The van der Waals surface area contributed by atoms with E-state index in [0.29, 0.717) is 5.95 Å². The molecule has 0 atom stereocenters. The van der Waals surface area contributed by atoms with Gasteiger partial charge in [0.1, 0.15) is 5.82 Å². The molecule has 1 aliphatic heterocycles. The van der Waals surface area contributed by atoms with Gasteiger partial charge in [-0.2, -0.15) is 4.98 Å². The van der Waals surface area contributed by atoms with Gasteiger partial charge >= 0.3 is 0 Å². The third-order valence-corrected chi connectivity index (χ3v) is 3.45. The van der Waals surface area contributed by atoms with Gasteiger partial charge in [0.25, 0.3) is 0 Å². The Balaban J connectivity index is 1.79. The summed E-state index contributed by atoms with van der Waals surface area (Å²) >= 11 is 0. The van der Waals surface area contributed by atoms with E-state index in [9.17, 15) is 0 Å². The van der Waals surface area contributed by atoms with Gasteiger partial charge in [-0.1, -0.05) is 6.07 Å². The van der Waals surface area contributed by atoms with E-state index in [4.69, 9.17) is 4.74 Å². The second-order valence-corrected chi connectivity index (χ2v) is 5.34. The summed E-state index contributed by atoms with van der Waals surface area (Å²) in [4.78, 5) is 11.1. The number of morpholine rings is 1. The summed E-state index contributed by atoms with van der Waals surface area (Å²) in [7, 11) is 0. The molecule has 0 unspecified atom stereocenters. The van der Waals surface area contributed by atoms with Crippen molar-refractivity contribution in [3.05, 3.63) is 41.6 Å². The summed E-state index contributed by atoms with van der Waals surface area (Å²) < 4.78 is 5.37. The molecule has 0 aliphatic carbocycles. The van der Waals surface area contributed by atoms with Crippen LogP contribution in [0.4, 0.5) is 17.5 Å². The average molecular weight is 284 g/mol. The van der Waals surface area contributed by atoms with E-state index in [0.717, 1.165) is 37.8 Å². The molecule has 2 heterocycles. The Morgan fingerprint density at radius 1 is 1.10 bits per heavy atom. The Morgan fingerprint density at radius 2 is 1.81 bits per heavy atom. The first kappa shape index (κ1) is 13.8. The number of benzene rings is 1. The summed E-state index contributed by atoms with van der Waals surface area (Å²) in [6.07, 6.45) is 1.79. The van der Waals surface area contributed by atoms with Crippen LogP contribution in [0.2, 0.25) is 0 Å². The molecule has 21 heavy (non-hydrogen) atoms. The molecule has 0 radical (unpaired) electrons. The van der Waals surface area contributed by atoms with Crippen LogP contribution in [0.5, 0.6) is 0 Å². The standard InChI is InChI=1S/C16H20N4O/c1-12-9-13(2)11-14(10-12)18-16-17-4-3-15(19-16)20-5-7-21-8-6-20/h3-4,9-11H,5-8H2,1-2H3,(H,17,18,19). The van der Waals surface area contributed by atoms with Gasteiger partial charge in [0.15, 0.2) is 0 Å². The number of hydrogen-bond acceptors (Lipinski definition) is 5. The van der Waals surface area contributed by atoms with Gasteiger partial charge in [0.2, 0.25) is 5.95 Å². The van der Waals surface area contributed by atoms with Gasteiger partial charge in [-0.3, -0.25) is 0 Å². The van der Waals surface area contributed by atoms with Crippen molar-refractivity contribution in [3.63, 3.8) is 0 Å². The second-order valence-electron chi connectivity index (χ2n) is 5.34. The van der Waals surface area contributed by atoms with Crippen LogP contribution in [-0.4, -0.2) is 36.3 Å². The van der Waals surface area contributed by atoms with Crippen LogP contribution in [0.3, 0.4) is 0 Å². The van der Waals surface area contributed by atoms with Gasteiger partial charge in [-0.25, -0.2) is 4.98 Å². The number of aryl methyl sites for hydroxylation is 2. The van der Waals surface area contributed by atoms with Crippen molar-refractivity contribution < 1.29 is 4.74 Å². The molecule has 0 spiro atoms. The lowest BCUT2D eigenvalue weighted by atomic mass is 10.1. The predicted molar refractivity (Wildman–Crippen MR) is 84.3 cm³/mol. The smallest absolute Gasteiger partial charge is 0.229 e. The SMILES string of the molecule is Cc1cc(C)cc(Nc2nccc(N3CCOCC3)n2)c1. The molecule has 1 saturated heterocycles. The summed E-state index contributed by atoms with van der Waals surface area (Å²) in [6, 6.07) is 8.28. The van der Waals surface area contributed by atoms with Gasteiger partial charge in [0, 0.05) is 25.0 Å². The van der Waals surface area contributed by atoms with Crippen LogP contribution >= 0.6 is 0 Å². The third kappa shape index (κ3) is 3.49. The van der Waals surface area contributed by atoms with Crippen molar-refractivity contribution in [1.29, 1.82) is 0 Å². The molecule has 1 fully saturated rings. The molecule has 5 nitrogen and oxygen atoms in total. The molecule has 5 heteroatoms. The highest BCUT2D eigenvalue weighted by Crippen LogP contribution is 2.19. The van der Waals surface area contributed by atoms with Crippen molar-refractivity contribution in [1.82, 2.24) is 9.97 Å². The zero-order chi connectivity index (χ0) is 14.7. The number of ether oxygens (including phenoxy) is 1. The number of nitrogens with one attached hydrogen (secondary N) is 1. The number of rotatable bonds is 3. The fourth-order valence-corrected chi connectivity index (χ4v) is 2.55. The molecule has 110 valence electrons. The number of anilines is 3. The van der Waals surface area contributed by atoms with Crippen molar-refractivity contribution in [3.8, 4) is 0 Å². The monoisotopic (exact) mass is 284 g/mol. The Morgan fingerprint density at radius 3 is 2.52 bits per heavy atom. The molecule has 1 aromatic heterocycles. The highest BCUT2D eigenvalue weighted by atomic mass is 16.5. The second kappa shape index (κ2) is 6.10. The highest BCUT2D eigenvalue weighted by molar-refractivity contribution is 5.57. The number of nitrogens with zero attached hydrogens (tertiary/aromatic N) is 3. The molecule has 1 aromatic carbocycles. The number of aromatic nitrogens is 2. The lowest BCUT2D eigenvalue weighted by Crippen LogP contribution is -2.36. The van der Waals surface area contributed by atoms with E-state index >= 15 is 0 Å². The van der Waals surface area contributed by atoms with Crippen LogP contribution in [0.15, 0.2) is 30.5 Å². The highest BCUT2D eigenvalue weighted by Gasteiger charge is 2.13. The maximum absolute atomic E-state index is 5.37. The zero-order valence-corrected chi connectivity index (χ0v) is 12.5. The van der Waals surface area contributed by atoms with E-state index in [1.54, 1.807) is 6.20 Å². The normalized spacial score (nSPS) is 15.0. The first-order valence-corrected chi connectivity index (χ1v) is 7.22. The van der Waals surface area contributed by atoms with Crippen molar-refractivity contribution in [2.75, 3.05) is 36.5 Å². The minimum Gasteiger partial charge on any atom is -0.378 e. The van der Waals surface area contributed by atoms with Gasteiger partial charge in [-0.15, -0.1) is 0 Å². The van der Waals surface area contributed by atoms with E-state index in [2.05, 4.69) is 52.2 Å². The molecule has 1 N–H and O–H groups in total. The fourth-order valence-electron chi connectivity index (χ4n) is 2.55. The molecule has 2 aromatic rings. The van der Waals surface area contributed by atoms with Crippen molar-refractivity contribution in [2.45, 2.75) is 13.8 Å².